The number of aryl methyl sites for hydroxylation is 1. The van der Waals surface area contributed by atoms with Crippen LogP contribution in [0.2, 0.25) is 0 Å². The molecule has 3 heterocycles. The first kappa shape index (κ1) is 36.8. The number of benzene rings is 4. The Morgan fingerprint density at radius 3 is 2.21 bits per heavy atom. The predicted molar refractivity (Wildman–Crippen MR) is 214 cm³/mol. The van der Waals surface area contributed by atoms with Gasteiger partial charge in [-0.25, -0.2) is 0 Å². The molecule has 1 saturated heterocycles. The molecule has 2 aliphatic carbocycles. The molecule has 0 bridgehead atoms. The van der Waals surface area contributed by atoms with E-state index < -0.39 is 23.8 Å². The van der Waals surface area contributed by atoms with Gasteiger partial charge in [0.2, 0.25) is 11.8 Å². The largest absolute Gasteiger partial charge is 0.508 e. The van der Waals surface area contributed by atoms with Crippen molar-refractivity contribution in [1.29, 1.82) is 0 Å². The first-order valence-corrected chi connectivity index (χ1v) is 20.1. The van der Waals surface area contributed by atoms with E-state index in [9.17, 15) is 29.1 Å². The predicted octanol–water partition coefficient (Wildman–Crippen LogP) is 5.36. The number of nitrogens with zero attached hydrogens (tertiary/aromatic N) is 3. The highest BCUT2D eigenvalue weighted by Gasteiger charge is 2.54. The smallest absolute Gasteiger partial charge is 0.262 e. The van der Waals surface area contributed by atoms with Gasteiger partial charge < -0.3 is 25.4 Å². The molecule has 3 unspecified atom stereocenters. The number of carbonyl (C=O) groups is 5. The first-order chi connectivity index (χ1) is 27.6. The molecule has 4 aromatic carbocycles. The zero-order valence-electron chi connectivity index (χ0n) is 32.1. The van der Waals surface area contributed by atoms with Crippen molar-refractivity contribution in [3.8, 4) is 5.75 Å². The van der Waals surface area contributed by atoms with Gasteiger partial charge in [-0.05, 0) is 108 Å². The summed E-state index contributed by atoms with van der Waals surface area (Å²) in [6.45, 7) is 2.76. The van der Waals surface area contributed by atoms with Crippen LogP contribution in [0, 0.1) is 5.41 Å². The van der Waals surface area contributed by atoms with Crippen LogP contribution >= 0.6 is 0 Å². The lowest BCUT2D eigenvalue weighted by molar-refractivity contribution is -0.151. The number of likely N-dealkylation sites (tertiary alicyclic amines) is 1. The van der Waals surface area contributed by atoms with Gasteiger partial charge in [-0.1, -0.05) is 48.5 Å². The maximum Gasteiger partial charge on any atom is 0.262 e. The number of phenolic OH excluding ortho intramolecular Hbond substituents is 1. The molecule has 292 valence electrons. The summed E-state index contributed by atoms with van der Waals surface area (Å²) in [6, 6.07) is 28.2. The van der Waals surface area contributed by atoms with Crippen LogP contribution in [0.4, 0.5) is 5.69 Å². The van der Waals surface area contributed by atoms with Gasteiger partial charge in [-0.2, -0.15) is 0 Å². The Morgan fingerprint density at radius 2 is 1.56 bits per heavy atom. The van der Waals surface area contributed by atoms with Crippen LogP contribution in [0.3, 0.4) is 0 Å². The summed E-state index contributed by atoms with van der Waals surface area (Å²) in [5.74, 6) is -0.581. The van der Waals surface area contributed by atoms with Crippen LogP contribution in [0.15, 0.2) is 84.9 Å². The molecule has 3 aliphatic heterocycles. The molecule has 11 nitrogen and oxygen atoms in total. The molecule has 5 aliphatic rings. The fourth-order valence-electron chi connectivity index (χ4n) is 10.3. The second kappa shape index (κ2) is 14.6. The molecule has 1 saturated carbocycles. The summed E-state index contributed by atoms with van der Waals surface area (Å²) in [4.78, 5) is 68.7. The summed E-state index contributed by atoms with van der Waals surface area (Å²) >= 11 is 0. The molecule has 0 aromatic heterocycles. The van der Waals surface area contributed by atoms with E-state index in [0.29, 0.717) is 37.1 Å². The van der Waals surface area contributed by atoms with Crippen molar-refractivity contribution in [3.63, 3.8) is 0 Å². The molecule has 1 spiro atoms. The van der Waals surface area contributed by atoms with Gasteiger partial charge in [0.25, 0.3) is 11.8 Å². The number of hydrogen-bond acceptors (Lipinski definition) is 8. The van der Waals surface area contributed by atoms with Crippen molar-refractivity contribution < 1.29 is 29.1 Å². The van der Waals surface area contributed by atoms with Crippen LogP contribution in [0.25, 0.3) is 0 Å². The summed E-state index contributed by atoms with van der Waals surface area (Å²) < 4.78 is 0. The van der Waals surface area contributed by atoms with E-state index in [1.807, 2.05) is 21.9 Å². The molecule has 2 fully saturated rings. The molecular weight excluding hydrogens is 719 g/mol. The second-order valence-corrected chi connectivity index (χ2v) is 16.7. The number of anilines is 1. The van der Waals surface area contributed by atoms with Crippen LogP contribution < -0.4 is 10.6 Å². The quantitative estimate of drug-likeness (QED) is 0.137. The third-order valence-electron chi connectivity index (χ3n) is 13.0. The molecule has 0 radical (unpaired) electrons. The highest BCUT2D eigenvalue weighted by Crippen LogP contribution is 2.50. The molecule has 3 atom stereocenters. The van der Waals surface area contributed by atoms with E-state index in [2.05, 4.69) is 71.3 Å². The van der Waals surface area contributed by atoms with Gasteiger partial charge in [0, 0.05) is 62.7 Å². The van der Waals surface area contributed by atoms with Crippen molar-refractivity contribution >= 4 is 35.6 Å². The minimum absolute atomic E-state index is 0.0525. The van der Waals surface area contributed by atoms with Gasteiger partial charge >= 0.3 is 0 Å². The molecular formula is C46H47N5O6. The maximum absolute atomic E-state index is 13.4. The van der Waals surface area contributed by atoms with Crippen molar-refractivity contribution in [2.24, 2.45) is 5.41 Å². The molecule has 3 N–H and O–H groups in total. The third kappa shape index (κ3) is 6.67. The number of phenols is 1. The van der Waals surface area contributed by atoms with E-state index in [-0.39, 0.29) is 47.8 Å². The zero-order chi connectivity index (χ0) is 39.4. The van der Waals surface area contributed by atoms with Gasteiger partial charge in [0.1, 0.15) is 18.1 Å². The van der Waals surface area contributed by atoms with E-state index in [1.165, 1.54) is 29.3 Å². The van der Waals surface area contributed by atoms with Crippen LogP contribution in [0.5, 0.6) is 5.75 Å². The number of amides is 4. The Kier molecular flexibility index (Phi) is 9.43. The van der Waals surface area contributed by atoms with Crippen molar-refractivity contribution in [2.75, 3.05) is 32.0 Å². The number of rotatable bonds is 11. The van der Waals surface area contributed by atoms with E-state index in [4.69, 9.17) is 0 Å². The standard InChI is InChI=1S/C46H47N5O6/c1-47-43(55)40(8-5-17-52)51-44(56)38-19-31-23-49(24-32(31)20-39(38)45(51)57)25-41(54)50-26-46(27-50)21-34(22-46)48-33-12-9-29(10-13-33)42-36(28-6-3-2-4-7-28)15-11-30-18-35(53)14-16-37(30)42/h2-4,6-7,9-10,12-14,16-20,34,36,40,42,48,53H,5,8,11,15,21-27H2,1H3,(H,47,55). The zero-order valence-corrected chi connectivity index (χ0v) is 32.1. The van der Waals surface area contributed by atoms with Crippen LogP contribution in [0.1, 0.15) is 98.0 Å². The van der Waals surface area contributed by atoms with E-state index in [1.54, 1.807) is 12.1 Å². The fourth-order valence-corrected chi connectivity index (χ4v) is 10.3. The van der Waals surface area contributed by atoms with Crippen LogP contribution in [-0.2, 0) is 33.9 Å². The third-order valence-corrected chi connectivity index (χ3v) is 13.0. The Bertz CT molecular complexity index is 2220. The van der Waals surface area contributed by atoms with Crippen molar-refractivity contribution in [2.45, 2.75) is 75.5 Å². The Hall–Kier alpha value is -5.81. The number of imide groups is 1. The normalized spacial score (nSPS) is 21.3. The lowest BCUT2D eigenvalue weighted by Gasteiger charge is -2.59. The SMILES string of the molecule is CNC(=O)C(CCC=O)N1C(=O)c2cc3c(cc2C1=O)CN(CC(=O)N1CC2(CC(Nc4ccc(C5c6ccc(O)cc6CCC5c5ccccc5)cc4)C2)C1)C3. The van der Waals surface area contributed by atoms with Gasteiger partial charge in [-0.3, -0.25) is 29.0 Å². The number of carbonyl (C=O) groups excluding carboxylic acids is 5. The van der Waals surface area contributed by atoms with Crippen molar-refractivity contribution in [1.82, 2.24) is 20.0 Å². The number of hydrogen-bond donors (Lipinski definition) is 3. The minimum Gasteiger partial charge on any atom is -0.508 e. The summed E-state index contributed by atoms with van der Waals surface area (Å²) in [6.07, 6.45) is 4.80. The number of likely N-dealkylation sites (N-methyl/N-ethyl adjacent to an activating group) is 1. The first-order valence-electron chi connectivity index (χ1n) is 20.1. The molecule has 4 aromatic rings. The number of aldehydes is 1. The lowest BCUT2D eigenvalue weighted by Crippen LogP contribution is -2.66. The number of fused-ring (bicyclic) bond motifs is 3. The molecule has 57 heavy (non-hydrogen) atoms. The Balaban J connectivity index is 0.775. The summed E-state index contributed by atoms with van der Waals surface area (Å²) in [7, 11) is 1.44. The van der Waals surface area contributed by atoms with Gasteiger partial charge in [0.05, 0.1) is 17.7 Å². The van der Waals surface area contributed by atoms with Crippen LogP contribution in [-0.4, -0.2) is 88.5 Å². The number of aromatic hydroxyl groups is 1. The Labute approximate surface area is 332 Å². The van der Waals surface area contributed by atoms with Gasteiger partial charge in [-0.15, -0.1) is 0 Å². The van der Waals surface area contributed by atoms with Crippen molar-refractivity contribution in [3.05, 3.63) is 129 Å². The lowest BCUT2D eigenvalue weighted by atomic mass is 9.60. The van der Waals surface area contributed by atoms with Gasteiger partial charge in [0.15, 0.2) is 0 Å². The summed E-state index contributed by atoms with van der Waals surface area (Å²) in [5, 5.41) is 16.4. The topological polar surface area (TPSA) is 139 Å². The highest BCUT2D eigenvalue weighted by atomic mass is 16.3. The second-order valence-electron chi connectivity index (χ2n) is 16.7. The van der Waals surface area contributed by atoms with E-state index >= 15 is 0 Å². The van der Waals surface area contributed by atoms with E-state index in [0.717, 1.165) is 60.5 Å². The fraction of sp³-hybridized carbons (Fsp3) is 0.370. The average molecular weight is 766 g/mol. The highest BCUT2D eigenvalue weighted by molar-refractivity contribution is 6.23. The average Bonchev–Trinajstić information content (AvgIpc) is 3.69. The molecule has 9 rings (SSSR count). The summed E-state index contributed by atoms with van der Waals surface area (Å²) in [5.41, 5.74) is 8.71. The Morgan fingerprint density at radius 1 is 0.877 bits per heavy atom. The molecule has 4 amide bonds. The molecule has 11 heteroatoms. The maximum atomic E-state index is 13.4. The monoisotopic (exact) mass is 765 g/mol. The minimum atomic E-state index is -1.05. The number of nitrogens with one attached hydrogen (secondary N) is 2.